The summed E-state index contributed by atoms with van der Waals surface area (Å²) in [6, 6.07) is 16.0. The Hall–Kier alpha value is -14.3. The third-order valence-electron chi connectivity index (χ3n) is 25.0. The van der Waals surface area contributed by atoms with Crippen LogP contribution in [0.3, 0.4) is 0 Å². The molecule has 0 spiro atoms. The lowest BCUT2D eigenvalue weighted by Gasteiger charge is -2.31. The average molecular weight is 1690 g/mol. The van der Waals surface area contributed by atoms with Crippen LogP contribution in [0.2, 0.25) is 0 Å². The lowest BCUT2D eigenvalue weighted by molar-refractivity contribution is -0.0192. The molecule has 0 aromatic carbocycles. The van der Waals surface area contributed by atoms with Gasteiger partial charge in [-0.25, -0.2) is 44.7 Å². The maximum absolute atomic E-state index is 11.8. The second kappa shape index (κ2) is 36.0. The Morgan fingerprint density at radius 3 is 1.30 bits per heavy atom. The number of hydrogen-bond donors (Lipinski definition) is 15. The van der Waals surface area contributed by atoms with Crippen LogP contribution in [0.4, 0.5) is 0 Å². The second-order valence-electron chi connectivity index (χ2n) is 32.6. The molecule has 15 N–H and O–H groups in total. The van der Waals surface area contributed by atoms with Gasteiger partial charge in [-0.2, -0.15) is 56.8 Å². The van der Waals surface area contributed by atoms with Crippen LogP contribution in [0.25, 0.3) is 111 Å². The van der Waals surface area contributed by atoms with E-state index in [1.54, 1.807) is 97.6 Å². The van der Waals surface area contributed by atoms with Crippen molar-refractivity contribution in [2.75, 3.05) is 0 Å². The van der Waals surface area contributed by atoms with Gasteiger partial charge < -0.3 is 75.9 Å². The number of nitriles is 5. The Balaban J connectivity index is 0.000000115. The number of aromatic hydroxyl groups is 2. The van der Waals surface area contributed by atoms with Gasteiger partial charge in [0.05, 0.1) is 198 Å². The molecule has 15 aromatic heterocycles. The Morgan fingerprint density at radius 1 is 0.432 bits per heavy atom. The van der Waals surface area contributed by atoms with Crippen LogP contribution in [-0.4, -0.2) is 210 Å². The summed E-state index contributed by atoms with van der Waals surface area (Å²) in [5, 5.41) is 165. The molecular weight excluding hydrogens is 1600 g/mol. The summed E-state index contributed by atoms with van der Waals surface area (Å²) in [6.45, 7) is 0. The fourth-order valence-corrected chi connectivity index (χ4v) is 18.6. The Bertz CT molecular complexity index is 6580. The Kier molecular flexibility index (Phi) is 24.3. The largest absolute Gasteiger partial charge is 0.506 e. The van der Waals surface area contributed by atoms with E-state index in [1.165, 1.54) is 31.5 Å². The van der Waals surface area contributed by atoms with Gasteiger partial charge in [0.2, 0.25) is 0 Å². The molecule has 20 rings (SSSR count). The quantitative estimate of drug-likeness (QED) is 0.0337. The van der Waals surface area contributed by atoms with Crippen LogP contribution in [0.5, 0.6) is 11.6 Å². The van der Waals surface area contributed by atoms with Gasteiger partial charge in [-0.3, -0.25) is 23.4 Å². The van der Waals surface area contributed by atoms with Crippen LogP contribution in [0.15, 0.2) is 141 Å². The first-order chi connectivity index (χ1) is 60.6. The third-order valence-corrected chi connectivity index (χ3v) is 25.0. The van der Waals surface area contributed by atoms with E-state index in [4.69, 9.17) is 0 Å². The molecule has 15 aromatic rings. The van der Waals surface area contributed by atoms with E-state index >= 15 is 0 Å². The van der Waals surface area contributed by atoms with E-state index < -0.39 is 64.5 Å². The van der Waals surface area contributed by atoms with Gasteiger partial charge in [0.25, 0.3) is 0 Å². The highest BCUT2D eigenvalue weighted by Gasteiger charge is 2.47. The molecule has 15 heterocycles. The highest BCUT2D eigenvalue weighted by Crippen LogP contribution is 2.46. The zero-order valence-electron chi connectivity index (χ0n) is 67.6. The first-order valence-corrected chi connectivity index (χ1v) is 41.3. The monoisotopic (exact) mass is 1690 g/mol. The first-order valence-electron chi connectivity index (χ1n) is 41.3. The molecule has 0 amide bonds. The number of aliphatic hydroxyl groups is 7. The average Bonchev–Trinajstić information content (AvgIpc) is 1.66. The summed E-state index contributed by atoms with van der Waals surface area (Å²) in [5.41, 5.74) is 5.90. The van der Waals surface area contributed by atoms with Gasteiger partial charge in [0.1, 0.15) is 59.3 Å². The zero-order chi connectivity index (χ0) is 87.2. The number of fused-ring (bicyclic) bond motifs is 5. The molecule has 5 aliphatic carbocycles. The van der Waals surface area contributed by atoms with Crippen LogP contribution in [0, 0.1) is 62.6 Å². The zero-order valence-corrected chi connectivity index (χ0v) is 67.6. The van der Waals surface area contributed by atoms with E-state index in [0.717, 1.165) is 94.1 Å². The van der Waals surface area contributed by atoms with Crippen molar-refractivity contribution < 1.29 is 46.0 Å². The Labute approximate surface area is 710 Å². The molecule has 640 valence electrons. The van der Waals surface area contributed by atoms with Crippen LogP contribution >= 0.6 is 0 Å². The van der Waals surface area contributed by atoms with Crippen LogP contribution in [-0.2, 0) is 0 Å². The van der Waals surface area contributed by atoms with Crippen molar-refractivity contribution in [3.05, 3.63) is 147 Å². The van der Waals surface area contributed by atoms with Crippen molar-refractivity contribution in [3.8, 4) is 98.3 Å². The molecule has 0 bridgehead atoms. The summed E-state index contributed by atoms with van der Waals surface area (Å²) in [4.78, 5) is 66.9. The third kappa shape index (κ3) is 17.2. The highest BCUT2D eigenvalue weighted by molar-refractivity contribution is 5.96. The van der Waals surface area contributed by atoms with Gasteiger partial charge in [-0.05, 0) is 82.4 Å². The minimum absolute atomic E-state index is 0.0202. The number of aliphatic hydroxyl groups excluding tert-OH is 3. The molecule has 5 aliphatic rings. The second-order valence-corrected chi connectivity index (χ2v) is 32.6. The van der Waals surface area contributed by atoms with Crippen molar-refractivity contribution in [2.24, 2.45) is 5.92 Å². The van der Waals surface area contributed by atoms with E-state index in [0.29, 0.717) is 120 Å². The smallest absolute Gasteiger partial charge is 0.347 e. The van der Waals surface area contributed by atoms with Crippen LogP contribution in [0.1, 0.15) is 171 Å². The molecule has 125 heavy (non-hydrogen) atoms. The Morgan fingerprint density at radius 2 is 0.840 bits per heavy atom. The first kappa shape index (κ1) is 84.3. The van der Waals surface area contributed by atoms with Gasteiger partial charge in [-0.15, -0.1) is 0 Å². The number of rotatable bonds is 20. The summed E-state index contributed by atoms with van der Waals surface area (Å²) in [6.07, 6.45) is 40.9. The van der Waals surface area contributed by atoms with Crippen molar-refractivity contribution in [1.82, 2.24) is 124 Å². The van der Waals surface area contributed by atoms with E-state index in [-0.39, 0.29) is 68.2 Å². The molecule has 40 heteroatoms. The van der Waals surface area contributed by atoms with Crippen molar-refractivity contribution >= 4 is 55.2 Å². The van der Waals surface area contributed by atoms with Crippen LogP contribution < -0.4 is 5.69 Å². The number of nitrogens with zero attached hydrogens (tertiary/aromatic N) is 24. The van der Waals surface area contributed by atoms with Crippen molar-refractivity contribution in [1.29, 1.82) is 26.3 Å². The number of aromatic amines is 6. The number of hydrogen-bond acceptors (Lipinski definition) is 29. The fraction of sp³-hybridized carbons (Fsp3) is 0.412. The maximum atomic E-state index is 11.8. The standard InChI is InChI=1S/5C17H18N6O2/c18-5-2-14(17(25)4-1-12(24)7-17)23-9-11(8-22-23)15-13-3-6-19-16(13)21-10-20-15;18-5-3-13(11-1-2-14(24)16(11)25)23-8-10(7-22-23)15-12-4-6-19-17(12)21-9-20-15;18-7-3-13(17(25)5-1-2-6-17)23-10-11(9-20-23)14-12-4-8-19-15(12)22-16(24)21-14;18-6-3-13(17(25)4-1-2-5-17)23-9-11(8-21-23)15-12-7-14(24)22-16(12)20-10-19-15;18-6-3-13(17(25)4-1-2-5-17)23-9-11(7-22-23)15-14-12(24)8-19-16(14)21-10-20-15/h3,6,8-10,12,14,24-25H,1-2,4,7H2,(H,19,20,21);4,6-9,11,13-14,16,24-25H,1-3H2,(H,19,20,21);4,8-10,13,25H,1-3,5-6H2,(H2,19,21,22,24);7-10,13,24-25H,1-5H2,(H,19,20,22);7-10,13,24-25H,1-5H2,(H,19,20,21). The van der Waals surface area contributed by atoms with Gasteiger partial charge in [-0.1, -0.05) is 38.5 Å². The van der Waals surface area contributed by atoms with Gasteiger partial charge in [0.15, 0.2) is 5.88 Å². The topological polar surface area (TPSA) is 618 Å². The van der Waals surface area contributed by atoms with Gasteiger partial charge in [0, 0.05) is 124 Å². The molecule has 40 nitrogen and oxygen atoms in total. The lowest BCUT2D eigenvalue weighted by Crippen LogP contribution is -2.37. The van der Waals surface area contributed by atoms with Crippen molar-refractivity contribution in [3.63, 3.8) is 0 Å². The molecule has 0 saturated heterocycles. The molecule has 10 atom stereocenters. The fourth-order valence-electron chi connectivity index (χ4n) is 18.6. The minimum Gasteiger partial charge on any atom is -0.506 e. The minimum atomic E-state index is -1.13. The molecule has 0 aliphatic heterocycles. The molecule has 10 unspecified atom stereocenters. The molecule has 5 saturated carbocycles. The van der Waals surface area contributed by atoms with E-state index in [2.05, 4.69) is 131 Å². The summed E-state index contributed by atoms with van der Waals surface area (Å²) >= 11 is 0. The number of nitrogens with one attached hydrogen (secondary N) is 6. The predicted octanol–water partition coefficient (Wildman–Crippen LogP) is 9.41. The summed E-state index contributed by atoms with van der Waals surface area (Å²) in [5.74, 6) is -0.104. The molecule has 0 radical (unpaired) electrons. The number of aromatic nitrogens is 25. The van der Waals surface area contributed by atoms with E-state index in [9.17, 15) is 77.1 Å². The maximum Gasteiger partial charge on any atom is 0.347 e. The summed E-state index contributed by atoms with van der Waals surface area (Å²) in [7, 11) is 0. The lowest BCUT2D eigenvalue weighted by atomic mass is 9.90. The normalized spacial score (nSPS) is 20.3. The van der Waals surface area contributed by atoms with E-state index in [1.807, 2.05) is 30.6 Å². The van der Waals surface area contributed by atoms with Crippen molar-refractivity contribution in [2.45, 2.75) is 212 Å². The highest BCUT2D eigenvalue weighted by atomic mass is 16.3. The SMILES string of the molecule is N#CCC(C1CCC(O)C1O)n1cc(-c2ncnc3[nH]ccc23)cn1.N#CCC(n1cc(-c2[nH]c(=O)nc3[nH]ccc23)cn1)C1(O)CCCC1.N#CCC(n1cc(-c2ncnc3[nH]c(O)cc23)cn1)C1(O)CCCC1.N#CCC(n1cc(-c2ncnc3[nH]cc(O)c23)cn1)C1(O)CCCC1.N#CCC(n1cc(-c2ncnc3[nH]ccc23)cn1)C1(O)CCC(O)C1. The molecule has 5 fully saturated rings. The number of H-pyrrole nitrogens is 6. The predicted molar refractivity (Wildman–Crippen MR) is 448 cm³/mol. The molecular formula is C85H90N30O10. The van der Waals surface area contributed by atoms with Gasteiger partial charge >= 0.3 is 5.69 Å². The summed E-state index contributed by atoms with van der Waals surface area (Å²) < 4.78 is 8.31.